The quantitative estimate of drug-likeness (QED) is 0.722. The Balaban J connectivity index is 1.69. The Hall–Kier alpha value is -2.53. The lowest BCUT2D eigenvalue weighted by molar-refractivity contribution is -0.117. The first-order chi connectivity index (χ1) is 14.0. The van der Waals surface area contributed by atoms with E-state index >= 15 is 0 Å². The highest BCUT2D eigenvalue weighted by Crippen LogP contribution is 2.43. The fourth-order valence-corrected chi connectivity index (χ4v) is 4.71. The molecule has 3 N–H and O–H groups in total. The summed E-state index contributed by atoms with van der Waals surface area (Å²) < 4.78 is 0. The number of anilines is 3. The van der Waals surface area contributed by atoms with E-state index in [9.17, 15) is 4.79 Å². The zero-order valence-corrected chi connectivity index (χ0v) is 17.6. The van der Waals surface area contributed by atoms with E-state index < -0.39 is 0 Å². The number of para-hydroxylation sites is 1. The Morgan fingerprint density at radius 1 is 1.00 bits per heavy atom. The van der Waals surface area contributed by atoms with Gasteiger partial charge in [0.05, 0.1) is 6.04 Å². The Morgan fingerprint density at radius 3 is 2.41 bits per heavy atom. The summed E-state index contributed by atoms with van der Waals surface area (Å²) in [5, 5.41) is 10.9. The second-order valence-corrected chi connectivity index (χ2v) is 8.42. The number of amides is 1. The summed E-state index contributed by atoms with van der Waals surface area (Å²) in [5.74, 6) is 0.378. The number of benzene rings is 2. The van der Waals surface area contributed by atoms with Crippen LogP contribution in [0.2, 0.25) is 0 Å². The molecule has 0 radical (unpaired) electrons. The zero-order valence-electron chi connectivity index (χ0n) is 17.6. The Kier molecular flexibility index (Phi) is 5.76. The number of nitrogens with zero attached hydrogens (tertiary/aromatic N) is 1. The van der Waals surface area contributed by atoms with Crippen LogP contribution in [0.15, 0.2) is 48.5 Å². The number of hydrogen-bond acceptors (Lipinski definition) is 4. The second kappa shape index (κ2) is 8.46. The van der Waals surface area contributed by atoms with Gasteiger partial charge in [-0.05, 0) is 63.2 Å². The lowest BCUT2D eigenvalue weighted by Crippen LogP contribution is -2.48. The van der Waals surface area contributed by atoms with Gasteiger partial charge in [0.1, 0.15) is 0 Å². The predicted octanol–water partition coefficient (Wildman–Crippen LogP) is 4.39. The van der Waals surface area contributed by atoms with Gasteiger partial charge < -0.3 is 20.9 Å². The molecule has 5 nitrogen and oxygen atoms in total. The van der Waals surface area contributed by atoms with Crippen LogP contribution in [0.3, 0.4) is 0 Å². The zero-order chi connectivity index (χ0) is 20.4. The third-order valence-corrected chi connectivity index (χ3v) is 6.46. The highest BCUT2D eigenvalue weighted by Gasteiger charge is 2.38. The molecule has 1 unspecified atom stereocenters. The van der Waals surface area contributed by atoms with Gasteiger partial charge in [0.25, 0.3) is 0 Å². The molecule has 0 aromatic heterocycles. The highest BCUT2D eigenvalue weighted by atomic mass is 16.2. The van der Waals surface area contributed by atoms with Crippen LogP contribution in [0, 0.1) is 5.92 Å². The van der Waals surface area contributed by atoms with Crippen LogP contribution in [-0.4, -0.2) is 31.1 Å². The first-order valence-electron chi connectivity index (χ1n) is 10.8. The van der Waals surface area contributed by atoms with Gasteiger partial charge >= 0.3 is 0 Å². The number of hydrogen-bond donors (Lipinski definition) is 3. The van der Waals surface area contributed by atoms with Gasteiger partial charge in [0, 0.05) is 47.6 Å². The summed E-state index contributed by atoms with van der Waals surface area (Å²) >= 11 is 0. The molecule has 2 aromatic carbocycles. The van der Waals surface area contributed by atoms with E-state index in [1.165, 1.54) is 5.56 Å². The Morgan fingerprint density at radius 2 is 1.72 bits per heavy atom. The number of piperidine rings is 1. The standard InChI is InChI=1S/C24H32N4O/c1-16-17(2)28(18(3)29)23-10-9-21(26-20-11-13-25-14-12-20)15-22(23)24(16)27-19-7-5-4-6-8-19/h4-10,15-17,20,24-27H,11-14H2,1-3H3/t16-,17-,24?/m0/s1. The molecule has 0 saturated carbocycles. The minimum absolute atomic E-state index is 0.0998. The van der Waals surface area contributed by atoms with Crippen LogP contribution in [0.5, 0.6) is 0 Å². The lowest BCUT2D eigenvalue weighted by atomic mass is 9.82. The van der Waals surface area contributed by atoms with E-state index in [4.69, 9.17) is 0 Å². The Labute approximate surface area is 173 Å². The minimum atomic E-state index is 0.0998. The molecule has 1 fully saturated rings. The summed E-state index contributed by atoms with van der Waals surface area (Å²) in [5.41, 5.74) is 4.46. The third kappa shape index (κ3) is 4.10. The van der Waals surface area contributed by atoms with Gasteiger partial charge in [0.15, 0.2) is 0 Å². The van der Waals surface area contributed by atoms with Gasteiger partial charge in [-0.2, -0.15) is 0 Å². The van der Waals surface area contributed by atoms with Crippen molar-refractivity contribution in [2.75, 3.05) is 28.6 Å². The maximum atomic E-state index is 12.5. The minimum Gasteiger partial charge on any atom is -0.382 e. The van der Waals surface area contributed by atoms with Crippen molar-refractivity contribution in [2.45, 2.75) is 51.7 Å². The number of carbonyl (C=O) groups is 1. The van der Waals surface area contributed by atoms with E-state index in [-0.39, 0.29) is 23.9 Å². The van der Waals surface area contributed by atoms with Crippen molar-refractivity contribution in [1.82, 2.24) is 5.32 Å². The van der Waals surface area contributed by atoms with Crippen molar-refractivity contribution in [3.63, 3.8) is 0 Å². The normalized spacial score (nSPS) is 24.7. The molecule has 1 saturated heterocycles. The number of rotatable bonds is 4. The van der Waals surface area contributed by atoms with Crippen LogP contribution in [0.1, 0.15) is 45.2 Å². The molecule has 2 aliphatic rings. The van der Waals surface area contributed by atoms with Crippen LogP contribution < -0.4 is 20.9 Å². The molecule has 2 aliphatic heterocycles. The summed E-state index contributed by atoms with van der Waals surface area (Å²) in [4.78, 5) is 14.4. The van der Waals surface area contributed by atoms with Crippen molar-refractivity contribution >= 4 is 23.0 Å². The van der Waals surface area contributed by atoms with Crippen LogP contribution >= 0.6 is 0 Å². The van der Waals surface area contributed by atoms with Gasteiger partial charge in [0.2, 0.25) is 5.91 Å². The van der Waals surface area contributed by atoms with Crippen LogP contribution in [0.25, 0.3) is 0 Å². The average Bonchev–Trinajstić information content (AvgIpc) is 2.73. The number of nitrogens with one attached hydrogen (secondary N) is 3. The molecule has 0 aliphatic carbocycles. The molecule has 4 rings (SSSR count). The van der Waals surface area contributed by atoms with E-state index in [1.807, 2.05) is 11.0 Å². The number of carbonyl (C=O) groups excluding carboxylic acids is 1. The molecule has 5 heteroatoms. The predicted molar refractivity (Wildman–Crippen MR) is 121 cm³/mol. The SMILES string of the molecule is CC(=O)N1c2ccc(NC3CCNCC3)cc2C(Nc2ccccc2)[C@@H](C)[C@@H]1C. The monoisotopic (exact) mass is 392 g/mol. The third-order valence-electron chi connectivity index (χ3n) is 6.46. The molecule has 2 heterocycles. The van der Waals surface area contributed by atoms with E-state index in [2.05, 4.69) is 72.3 Å². The molecular formula is C24H32N4O. The van der Waals surface area contributed by atoms with Crippen LogP contribution in [-0.2, 0) is 4.79 Å². The molecule has 0 bridgehead atoms. The highest BCUT2D eigenvalue weighted by molar-refractivity contribution is 5.94. The maximum Gasteiger partial charge on any atom is 0.224 e. The van der Waals surface area contributed by atoms with E-state index in [0.29, 0.717) is 6.04 Å². The molecule has 154 valence electrons. The van der Waals surface area contributed by atoms with Crippen molar-refractivity contribution < 1.29 is 4.79 Å². The van der Waals surface area contributed by atoms with Crippen molar-refractivity contribution in [1.29, 1.82) is 0 Å². The average molecular weight is 393 g/mol. The lowest BCUT2D eigenvalue weighted by Gasteiger charge is -2.44. The fraction of sp³-hybridized carbons (Fsp3) is 0.458. The summed E-state index contributed by atoms with van der Waals surface area (Å²) in [6.07, 6.45) is 2.27. The first kappa shape index (κ1) is 19.8. The van der Waals surface area contributed by atoms with Crippen LogP contribution in [0.4, 0.5) is 17.1 Å². The summed E-state index contributed by atoms with van der Waals surface area (Å²) in [6.45, 7) is 8.17. The molecule has 29 heavy (non-hydrogen) atoms. The largest absolute Gasteiger partial charge is 0.382 e. The fourth-order valence-electron chi connectivity index (χ4n) is 4.71. The molecule has 0 spiro atoms. The summed E-state index contributed by atoms with van der Waals surface area (Å²) in [6, 6.07) is 17.6. The molecule has 3 atom stereocenters. The molecular weight excluding hydrogens is 360 g/mol. The topological polar surface area (TPSA) is 56.4 Å². The van der Waals surface area contributed by atoms with E-state index in [1.54, 1.807) is 6.92 Å². The smallest absolute Gasteiger partial charge is 0.224 e. The molecule has 1 amide bonds. The van der Waals surface area contributed by atoms with Crippen molar-refractivity contribution in [3.05, 3.63) is 54.1 Å². The van der Waals surface area contributed by atoms with Crippen molar-refractivity contribution in [2.24, 2.45) is 5.92 Å². The van der Waals surface area contributed by atoms with Gasteiger partial charge in [-0.15, -0.1) is 0 Å². The van der Waals surface area contributed by atoms with E-state index in [0.717, 1.165) is 43.0 Å². The van der Waals surface area contributed by atoms with Gasteiger partial charge in [-0.25, -0.2) is 0 Å². The number of fused-ring (bicyclic) bond motifs is 1. The van der Waals surface area contributed by atoms with Crippen molar-refractivity contribution in [3.8, 4) is 0 Å². The second-order valence-electron chi connectivity index (χ2n) is 8.42. The van der Waals surface area contributed by atoms with Gasteiger partial charge in [-0.1, -0.05) is 25.1 Å². The molecule has 2 aromatic rings. The Bertz CT molecular complexity index is 847. The maximum absolute atomic E-state index is 12.5. The van der Waals surface area contributed by atoms with Gasteiger partial charge in [-0.3, -0.25) is 4.79 Å². The summed E-state index contributed by atoms with van der Waals surface area (Å²) in [7, 11) is 0. The first-order valence-corrected chi connectivity index (χ1v) is 10.8.